The Kier molecular flexibility index (Phi) is 2.86. The molecule has 0 aliphatic carbocycles. The monoisotopic (exact) mass is 302 g/mol. The molecule has 0 amide bonds. The molecule has 0 fully saturated rings. The molecule has 0 saturated carbocycles. The van der Waals surface area contributed by atoms with E-state index < -0.39 is 0 Å². The van der Waals surface area contributed by atoms with E-state index in [0.717, 1.165) is 17.6 Å². The van der Waals surface area contributed by atoms with Crippen molar-refractivity contribution in [3.63, 3.8) is 0 Å². The maximum atomic E-state index is 4.48. The quantitative estimate of drug-likeness (QED) is 0.653. The zero-order valence-electron chi connectivity index (χ0n) is 10.6. The lowest BCUT2D eigenvalue weighted by Crippen LogP contribution is -1.97. The Bertz CT molecular complexity index is 728. The van der Waals surface area contributed by atoms with E-state index in [0.29, 0.717) is 0 Å². The molecule has 1 aromatic carbocycles. The first-order chi connectivity index (χ1) is 8.74. The Balaban J connectivity index is 2.58. The molecule has 0 aliphatic rings. The molecule has 0 spiro atoms. The van der Waals surface area contributed by atoms with Crippen molar-refractivity contribution in [2.24, 2.45) is 0 Å². The summed E-state index contributed by atoms with van der Waals surface area (Å²) in [6, 6.07) is 8.58. The Labute approximate surface area is 115 Å². The summed E-state index contributed by atoms with van der Waals surface area (Å²) in [7, 11) is 0. The predicted molar refractivity (Wildman–Crippen MR) is 79.7 cm³/mol. The van der Waals surface area contributed by atoms with E-state index in [1.54, 1.807) is 0 Å². The lowest BCUT2D eigenvalue weighted by Gasteiger charge is -2.05. The van der Waals surface area contributed by atoms with Gasteiger partial charge < -0.3 is 0 Å². The van der Waals surface area contributed by atoms with Crippen molar-refractivity contribution >= 4 is 32.3 Å². The average Bonchev–Trinajstić information content (AvgIpc) is 2.71. The number of nitrogens with zero attached hydrogens (tertiary/aromatic N) is 2. The molecule has 0 saturated heterocycles. The van der Waals surface area contributed by atoms with Crippen LogP contribution >= 0.6 is 15.9 Å². The van der Waals surface area contributed by atoms with E-state index in [2.05, 4.69) is 63.4 Å². The molecule has 3 aromatic rings. The largest absolute Gasteiger partial charge is 0.297 e. The van der Waals surface area contributed by atoms with Crippen LogP contribution in [0.25, 0.3) is 16.4 Å². The zero-order valence-corrected chi connectivity index (χ0v) is 12.2. The molecule has 0 bridgehead atoms. The fourth-order valence-electron chi connectivity index (χ4n) is 2.71. The fraction of sp³-hybridized carbons (Fsp3) is 0.267. The van der Waals surface area contributed by atoms with Crippen LogP contribution in [0.3, 0.4) is 0 Å². The smallest absolute Gasteiger partial charge is 0.110 e. The van der Waals surface area contributed by atoms with Gasteiger partial charge in [0.1, 0.15) is 5.82 Å². The first kappa shape index (κ1) is 11.7. The van der Waals surface area contributed by atoms with Crippen molar-refractivity contribution in [2.75, 3.05) is 5.33 Å². The van der Waals surface area contributed by atoms with Gasteiger partial charge in [0.15, 0.2) is 0 Å². The number of hydrogen-bond donors (Lipinski definition) is 0. The van der Waals surface area contributed by atoms with Gasteiger partial charge >= 0.3 is 0 Å². The Morgan fingerprint density at radius 3 is 2.78 bits per heavy atom. The molecular weight excluding hydrogens is 288 g/mol. The highest BCUT2D eigenvalue weighted by molar-refractivity contribution is 9.09. The highest BCUT2D eigenvalue weighted by Gasteiger charge is 2.14. The minimum atomic E-state index is 0.984. The SMILES string of the molecule is Cc1cnc(C)n2c1c(CCBr)c1ccccc12. The van der Waals surface area contributed by atoms with Crippen LogP contribution < -0.4 is 0 Å². The maximum absolute atomic E-state index is 4.48. The Morgan fingerprint density at radius 1 is 1.22 bits per heavy atom. The van der Waals surface area contributed by atoms with Crippen LogP contribution in [-0.4, -0.2) is 14.7 Å². The van der Waals surface area contributed by atoms with Crippen molar-refractivity contribution in [3.8, 4) is 0 Å². The molecule has 0 N–H and O–H groups in total. The Hall–Kier alpha value is -1.35. The number of rotatable bonds is 2. The molecule has 0 unspecified atom stereocenters. The number of alkyl halides is 1. The molecule has 92 valence electrons. The van der Waals surface area contributed by atoms with E-state index in [4.69, 9.17) is 0 Å². The van der Waals surface area contributed by atoms with Gasteiger partial charge in [-0.3, -0.25) is 4.40 Å². The minimum Gasteiger partial charge on any atom is -0.297 e. The molecule has 18 heavy (non-hydrogen) atoms. The van der Waals surface area contributed by atoms with E-state index in [9.17, 15) is 0 Å². The summed E-state index contributed by atoms with van der Waals surface area (Å²) in [5, 5.41) is 2.33. The highest BCUT2D eigenvalue weighted by Crippen LogP contribution is 2.29. The number of aryl methyl sites for hydroxylation is 3. The van der Waals surface area contributed by atoms with Crippen LogP contribution in [0.1, 0.15) is 17.0 Å². The second-order valence-electron chi connectivity index (χ2n) is 4.61. The summed E-state index contributed by atoms with van der Waals surface area (Å²) in [5.41, 5.74) is 5.25. The third-order valence-electron chi connectivity index (χ3n) is 3.47. The summed E-state index contributed by atoms with van der Waals surface area (Å²) >= 11 is 3.56. The number of benzene rings is 1. The number of fused-ring (bicyclic) bond motifs is 3. The molecular formula is C15H15BrN2. The van der Waals surface area contributed by atoms with Crippen LogP contribution in [0.4, 0.5) is 0 Å². The second kappa shape index (κ2) is 4.39. The van der Waals surface area contributed by atoms with Crippen molar-refractivity contribution in [3.05, 3.63) is 47.4 Å². The molecule has 0 atom stereocenters. The predicted octanol–water partition coefficient (Wildman–Crippen LogP) is 4.04. The lowest BCUT2D eigenvalue weighted by atomic mass is 10.1. The van der Waals surface area contributed by atoms with E-state index >= 15 is 0 Å². The average molecular weight is 303 g/mol. The normalized spacial score (nSPS) is 11.5. The van der Waals surface area contributed by atoms with Crippen molar-refractivity contribution in [1.82, 2.24) is 9.38 Å². The summed E-state index contributed by atoms with van der Waals surface area (Å²) in [6.45, 7) is 4.20. The molecule has 3 heteroatoms. The third-order valence-corrected chi connectivity index (χ3v) is 3.86. The molecule has 0 radical (unpaired) electrons. The van der Waals surface area contributed by atoms with Gasteiger partial charge in [-0.2, -0.15) is 0 Å². The highest BCUT2D eigenvalue weighted by atomic mass is 79.9. The van der Waals surface area contributed by atoms with Gasteiger partial charge in [-0.25, -0.2) is 4.98 Å². The van der Waals surface area contributed by atoms with Crippen LogP contribution in [0.15, 0.2) is 30.5 Å². The topological polar surface area (TPSA) is 17.3 Å². The van der Waals surface area contributed by atoms with Crippen LogP contribution in [0.5, 0.6) is 0 Å². The lowest BCUT2D eigenvalue weighted by molar-refractivity contribution is 0.998. The van der Waals surface area contributed by atoms with Gasteiger partial charge in [0.05, 0.1) is 11.0 Å². The first-order valence-electron chi connectivity index (χ1n) is 6.14. The molecule has 2 nitrogen and oxygen atoms in total. The van der Waals surface area contributed by atoms with E-state index in [-0.39, 0.29) is 0 Å². The van der Waals surface area contributed by atoms with Crippen LogP contribution in [0.2, 0.25) is 0 Å². The number of halogens is 1. The Morgan fingerprint density at radius 2 is 2.00 bits per heavy atom. The number of hydrogen-bond acceptors (Lipinski definition) is 1. The first-order valence-corrected chi connectivity index (χ1v) is 7.26. The van der Waals surface area contributed by atoms with Gasteiger partial charge in [0.2, 0.25) is 0 Å². The second-order valence-corrected chi connectivity index (χ2v) is 5.40. The van der Waals surface area contributed by atoms with Crippen molar-refractivity contribution < 1.29 is 0 Å². The molecule has 2 heterocycles. The van der Waals surface area contributed by atoms with Crippen LogP contribution in [-0.2, 0) is 6.42 Å². The van der Waals surface area contributed by atoms with Gasteiger partial charge in [-0.15, -0.1) is 0 Å². The van der Waals surface area contributed by atoms with Gasteiger partial charge in [0.25, 0.3) is 0 Å². The molecule has 0 aliphatic heterocycles. The number of para-hydroxylation sites is 1. The van der Waals surface area contributed by atoms with Crippen molar-refractivity contribution in [2.45, 2.75) is 20.3 Å². The minimum absolute atomic E-state index is 0.984. The summed E-state index contributed by atoms with van der Waals surface area (Å²) < 4.78 is 2.28. The fourth-order valence-corrected chi connectivity index (χ4v) is 3.11. The number of aromatic nitrogens is 2. The van der Waals surface area contributed by atoms with E-state index in [1.807, 2.05) is 6.20 Å². The van der Waals surface area contributed by atoms with E-state index in [1.165, 1.54) is 27.5 Å². The molecule has 3 rings (SSSR count). The summed E-state index contributed by atoms with van der Waals surface area (Å²) in [6.07, 6.45) is 3.02. The van der Waals surface area contributed by atoms with Crippen molar-refractivity contribution in [1.29, 1.82) is 0 Å². The van der Waals surface area contributed by atoms with Gasteiger partial charge in [-0.1, -0.05) is 34.1 Å². The standard InChI is InChI=1S/C15H15BrN2/c1-10-9-17-11(2)18-14-6-4-3-5-12(14)13(7-8-16)15(10)18/h3-6,9H,7-8H2,1-2H3. The van der Waals surface area contributed by atoms with Gasteiger partial charge in [0, 0.05) is 16.9 Å². The zero-order chi connectivity index (χ0) is 12.7. The summed E-state index contributed by atoms with van der Waals surface area (Å²) in [4.78, 5) is 4.48. The third kappa shape index (κ3) is 1.57. The van der Waals surface area contributed by atoms with Crippen LogP contribution in [0, 0.1) is 13.8 Å². The molecule has 2 aromatic heterocycles. The summed E-state index contributed by atoms with van der Waals surface area (Å²) in [5.74, 6) is 1.05. The van der Waals surface area contributed by atoms with Gasteiger partial charge in [-0.05, 0) is 37.5 Å². The maximum Gasteiger partial charge on any atom is 0.110 e.